The average Bonchev–Trinajstić information content (AvgIpc) is 2.34. The molecule has 22 heavy (non-hydrogen) atoms. The molecule has 0 aromatic heterocycles. The van der Waals surface area contributed by atoms with E-state index >= 15 is 0 Å². The first-order valence-electron chi connectivity index (χ1n) is 8.66. The zero-order valence-electron chi connectivity index (χ0n) is 14.4. The van der Waals surface area contributed by atoms with Gasteiger partial charge in [-0.15, -0.1) is 0 Å². The summed E-state index contributed by atoms with van der Waals surface area (Å²) in [6.07, 6.45) is 7.04. The molecule has 0 aromatic carbocycles. The quantitative estimate of drug-likeness (QED) is 0.636. The molecule has 4 rings (SSSR count). The maximum absolute atomic E-state index is 11.7. The maximum atomic E-state index is 11.7. The molecule has 0 spiro atoms. The highest BCUT2D eigenvalue weighted by Crippen LogP contribution is 2.67. The lowest BCUT2D eigenvalue weighted by Gasteiger charge is -2.65. The van der Waals surface area contributed by atoms with Gasteiger partial charge in [-0.1, -0.05) is 6.58 Å². The molecule has 0 saturated heterocycles. The van der Waals surface area contributed by atoms with Crippen LogP contribution < -0.4 is 0 Å². The van der Waals surface area contributed by atoms with Gasteiger partial charge in [0.05, 0.1) is 5.60 Å². The van der Waals surface area contributed by atoms with E-state index in [9.17, 15) is 9.90 Å². The van der Waals surface area contributed by atoms with E-state index in [0.717, 1.165) is 18.8 Å². The molecule has 0 amide bonds. The van der Waals surface area contributed by atoms with Crippen molar-refractivity contribution in [2.24, 2.45) is 29.1 Å². The monoisotopic (exact) mass is 306 g/mol. The fraction of sp³-hybridized carbons (Fsp3) is 0.842. The lowest BCUT2D eigenvalue weighted by Crippen LogP contribution is -2.62. The van der Waals surface area contributed by atoms with Gasteiger partial charge in [-0.25, -0.2) is 4.79 Å². The third-order valence-corrected chi connectivity index (χ3v) is 6.90. The Balaban J connectivity index is 1.87. The fourth-order valence-electron chi connectivity index (χ4n) is 6.28. The van der Waals surface area contributed by atoms with Gasteiger partial charge in [0.15, 0.2) is 0 Å². The third kappa shape index (κ3) is 2.33. The summed E-state index contributed by atoms with van der Waals surface area (Å²) in [5.74, 6) is 1.95. The summed E-state index contributed by atoms with van der Waals surface area (Å²) >= 11 is 0. The molecular weight excluding hydrogens is 276 g/mol. The van der Waals surface area contributed by atoms with Crippen molar-refractivity contribution < 1.29 is 14.6 Å². The van der Waals surface area contributed by atoms with E-state index in [1.807, 2.05) is 13.8 Å². The van der Waals surface area contributed by atoms with Crippen LogP contribution in [0.25, 0.3) is 0 Å². The van der Waals surface area contributed by atoms with Crippen LogP contribution in [0, 0.1) is 29.1 Å². The Morgan fingerprint density at radius 2 is 1.73 bits per heavy atom. The van der Waals surface area contributed by atoms with Crippen molar-refractivity contribution in [3.05, 3.63) is 12.7 Å². The molecule has 3 heteroatoms. The summed E-state index contributed by atoms with van der Waals surface area (Å²) in [4.78, 5) is 11.7. The van der Waals surface area contributed by atoms with Crippen LogP contribution in [0.2, 0.25) is 0 Å². The van der Waals surface area contributed by atoms with E-state index in [1.165, 1.54) is 25.3 Å². The number of aliphatic hydroxyl groups is 1. The van der Waals surface area contributed by atoms with E-state index in [0.29, 0.717) is 17.8 Å². The Morgan fingerprint density at radius 1 is 1.18 bits per heavy atom. The number of esters is 1. The summed E-state index contributed by atoms with van der Waals surface area (Å²) in [5, 5.41) is 10.8. The first-order valence-corrected chi connectivity index (χ1v) is 8.66. The predicted octanol–water partition coefficient (Wildman–Crippen LogP) is 3.71. The van der Waals surface area contributed by atoms with Crippen LogP contribution in [0.3, 0.4) is 0 Å². The van der Waals surface area contributed by atoms with Crippen molar-refractivity contribution >= 4 is 5.97 Å². The molecule has 4 saturated carbocycles. The van der Waals surface area contributed by atoms with Crippen LogP contribution >= 0.6 is 0 Å². The molecule has 4 aliphatic rings. The molecule has 124 valence electrons. The van der Waals surface area contributed by atoms with Crippen LogP contribution in [-0.2, 0) is 9.53 Å². The maximum Gasteiger partial charge on any atom is 0.330 e. The van der Waals surface area contributed by atoms with Gasteiger partial charge in [0.1, 0.15) is 5.60 Å². The second kappa shape index (κ2) is 4.83. The van der Waals surface area contributed by atoms with Gasteiger partial charge in [-0.05, 0) is 83.0 Å². The minimum atomic E-state index is -0.616. The minimum absolute atomic E-state index is 0.0680. The van der Waals surface area contributed by atoms with Crippen molar-refractivity contribution in [3.8, 4) is 0 Å². The summed E-state index contributed by atoms with van der Waals surface area (Å²) in [5.41, 5.74) is -0.997. The molecule has 2 unspecified atom stereocenters. The van der Waals surface area contributed by atoms with E-state index in [1.54, 1.807) is 0 Å². The van der Waals surface area contributed by atoms with Crippen molar-refractivity contribution in [3.63, 3.8) is 0 Å². The van der Waals surface area contributed by atoms with E-state index in [-0.39, 0.29) is 11.4 Å². The van der Waals surface area contributed by atoms with Gasteiger partial charge in [0.2, 0.25) is 0 Å². The summed E-state index contributed by atoms with van der Waals surface area (Å²) < 4.78 is 5.71. The molecule has 4 fully saturated rings. The van der Waals surface area contributed by atoms with Gasteiger partial charge in [-0.2, -0.15) is 0 Å². The molecule has 2 atom stereocenters. The van der Waals surface area contributed by atoms with Crippen molar-refractivity contribution in [1.82, 2.24) is 0 Å². The lowest BCUT2D eigenvalue weighted by molar-refractivity contribution is -0.218. The number of hydrogen-bond acceptors (Lipinski definition) is 3. The Morgan fingerprint density at radius 3 is 2.18 bits per heavy atom. The zero-order chi connectivity index (χ0) is 16.3. The first-order chi connectivity index (χ1) is 10.1. The van der Waals surface area contributed by atoms with Gasteiger partial charge >= 0.3 is 5.97 Å². The topological polar surface area (TPSA) is 46.5 Å². The van der Waals surface area contributed by atoms with E-state index in [2.05, 4.69) is 20.4 Å². The SMILES string of the molecule is C=CC(=O)OC(C)(C)C1C2CC3CC1CC(C(C)(C)O)(C3)C2. The average molecular weight is 306 g/mol. The van der Waals surface area contributed by atoms with Crippen molar-refractivity contribution in [2.45, 2.75) is 71.0 Å². The molecule has 0 heterocycles. The highest BCUT2D eigenvalue weighted by molar-refractivity contribution is 5.81. The summed E-state index contributed by atoms with van der Waals surface area (Å²) in [6, 6.07) is 0. The molecular formula is C19H30O3. The molecule has 4 aliphatic carbocycles. The largest absolute Gasteiger partial charge is 0.456 e. The van der Waals surface area contributed by atoms with Crippen LogP contribution in [-0.4, -0.2) is 22.3 Å². The lowest BCUT2D eigenvalue weighted by atomic mass is 9.41. The third-order valence-electron chi connectivity index (χ3n) is 6.90. The predicted molar refractivity (Wildman–Crippen MR) is 86.1 cm³/mol. The zero-order valence-corrected chi connectivity index (χ0v) is 14.4. The Hall–Kier alpha value is -0.830. The normalized spacial score (nSPS) is 40.6. The number of hydrogen-bond donors (Lipinski definition) is 1. The van der Waals surface area contributed by atoms with E-state index in [4.69, 9.17) is 4.74 Å². The van der Waals surface area contributed by atoms with E-state index < -0.39 is 11.2 Å². The second-order valence-corrected chi connectivity index (χ2v) is 9.06. The first kappa shape index (κ1) is 16.0. The van der Waals surface area contributed by atoms with Crippen molar-refractivity contribution in [1.29, 1.82) is 0 Å². The molecule has 4 bridgehead atoms. The smallest absolute Gasteiger partial charge is 0.330 e. The summed E-state index contributed by atoms with van der Waals surface area (Å²) in [7, 11) is 0. The van der Waals surface area contributed by atoms with Crippen molar-refractivity contribution in [2.75, 3.05) is 0 Å². The van der Waals surface area contributed by atoms with Crippen LogP contribution in [0.5, 0.6) is 0 Å². The fourth-order valence-corrected chi connectivity index (χ4v) is 6.28. The number of ether oxygens (including phenoxy) is 1. The molecule has 0 radical (unpaired) electrons. The van der Waals surface area contributed by atoms with Gasteiger partial charge < -0.3 is 9.84 Å². The molecule has 0 aromatic rings. The second-order valence-electron chi connectivity index (χ2n) is 9.06. The van der Waals surface area contributed by atoms with Crippen LogP contribution in [0.4, 0.5) is 0 Å². The number of carbonyl (C=O) groups excluding carboxylic acids is 1. The summed E-state index contributed by atoms with van der Waals surface area (Å²) in [6.45, 7) is 11.6. The molecule has 0 aliphatic heterocycles. The minimum Gasteiger partial charge on any atom is -0.456 e. The Labute approximate surface area is 134 Å². The Kier molecular flexibility index (Phi) is 3.52. The van der Waals surface area contributed by atoms with Gasteiger partial charge in [0.25, 0.3) is 0 Å². The highest BCUT2D eigenvalue weighted by Gasteiger charge is 2.62. The standard InChI is InChI=1S/C19H30O3/c1-6-15(20)22-17(2,3)16-13-7-12-8-14(16)11-19(9-12,10-13)18(4,5)21/h6,12-14,16,21H,1,7-11H2,2-5H3. The highest BCUT2D eigenvalue weighted by atomic mass is 16.6. The van der Waals surface area contributed by atoms with Gasteiger partial charge in [-0.3, -0.25) is 0 Å². The van der Waals surface area contributed by atoms with Crippen LogP contribution in [0.1, 0.15) is 59.8 Å². The van der Waals surface area contributed by atoms with Gasteiger partial charge in [0, 0.05) is 12.0 Å². The molecule has 3 nitrogen and oxygen atoms in total. The number of rotatable bonds is 4. The van der Waals surface area contributed by atoms with Crippen LogP contribution in [0.15, 0.2) is 12.7 Å². The Bertz CT molecular complexity index is 469. The number of carbonyl (C=O) groups is 1. The molecule has 1 N–H and O–H groups in total.